The highest BCUT2D eigenvalue weighted by atomic mass is 35.5. The minimum absolute atomic E-state index is 0.191. The molecule has 0 fully saturated rings. The SMILES string of the molecule is CC(O)CCCNS(=O)(=O)c1ccc2nc(Cl)ccc2c1. The number of aliphatic hydroxyl groups is 1. The average Bonchev–Trinajstić information content (AvgIpc) is 2.43. The number of hydrogen-bond donors (Lipinski definition) is 2. The number of nitrogens with zero attached hydrogens (tertiary/aromatic N) is 1. The van der Waals surface area contributed by atoms with Crippen molar-refractivity contribution in [3.8, 4) is 0 Å². The monoisotopic (exact) mass is 328 g/mol. The Hall–Kier alpha value is -1.21. The maximum absolute atomic E-state index is 12.2. The summed E-state index contributed by atoms with van der Waals surface area (Å²) in [6.45, 7) is 1.97. The largest absolute Gasteiger partial charge is 0.393 e. The van der Waals surface area contributed by atoms with Gasteiger partial charge in [-0.05, 0) is 50.1 Å². The van der Waals surface area contributed by atoms with E-state index in [4.69, 9.17) is 16.7 Å². The van der Waals surface area contributed by atoms with Gasteiger partial charge in [-0.25, -0.2) is 18.1 Å². The van der Waals surface area contributed by atoms with Crippen LogP contribution in [0, 0.1) is 0 Å². The first-order valence-corrected chi connectivity index (χ1v) is 8.48. The second kappa shape index (κ2) is 6.70. The first-order chi connectivity index (χ1) is 9.88. The van der Waals surface area contributed by atoms with Gasteiger partial charge in [0.05, 0.1) is 16.5 Å². The third-order valence-electron chi connectivity index (χ3n) is 3.03. The van der Waals surface area contributed by atoms with Crippen LogP contribution < -0.4 is 4.72 Å². The van der Waals surface area contributed by atoms with E-state index in [9.17, 15) is 8.42 Å². The van der Waals surface area contributed by atoms with Crippen LogP contribution in [-0.2, 0) is 10.0 Å². The Morgan fingerprint density at radius 3 is 2.81 bits per heavy atom. The Morgan fingerprint density at radius 1 is 1.33 bits per heavy atom. The lowest BCUT2D eigenvalue weighted by atomic mass is 10.2. The van der Waals surface area contributed by atoms with E-state index in [1.807, 2.05) is 0 Å². The van der Waals surface area contributed by atoms with E-state index < -0.39 is 16.1 Å². The third kappa shape index (κ3) is 4.38. The van der Waals surface area contributed by atoms with Crippen molar-refractivity contribution in [1.82, 2.24) is 9.71 Å². The smallest absolute Gasteiger partial charge is 0.240 e. The fourth-order valence-corrected chi connectivity index (χ4v) is 3.20. The maximum Gasteiger partial charge on any atom is 0.240 e. The number of halogens is 1. The summed E-state index contributed by atoms with van der Waals surface area (Å²) in [6, 6.07) is 8.05. The van der Waals surface area contributed by atoms with E-state index in [0.717, 1.165) is 0 Å². The lowest BCUT2D eigenvalue weighted by Gasteiger charge is -2.08. The lowest BCUT2D eigenvalue weighted by molar-refractivity contribution is 0.182. The molecule has 2 N–H and O–H groups in total. The fourth-order valence-electron chi connectivity index (χ4n) is 1.93. The van der Waals surface area contributed by atoms with E-state index in [1.165, 1.54) is 6.07 Å². The van der Waals surface area contributed by atoms with Gasteiger partial charge in [0.2, 0.25) is 10.0 Å². The zero-order valence-electron chi connectivity index (χ0n) is 11.6. The minimum atomic E-state index is -3.55. The molecule has 0 saturated carbocycles. The van der Waals surface area contributed by atoms with Crippen molar-refractivity contribution < 1.29 is 13.5 Å². The Morgan fingerprint density at radius 2 is 2.10 bits per heavy atom. The summed E-state index contributed by atoms with van der Waals surface area (Å²) in [5.74, 6) is 0. The summed E-state index contributed by atoms with van der Waals surface area (Å²) < 4.78 is 26.9. The number of aromatic nitrogens is 1. The minimum Gasteiger partial charge on any atom is -0.393 e. The maximum atomic E-state index is 12.2. The molecule has 1 heterocycles. The van der Waals surface area contributed by atoms with E-state index in [-0.39, 0.29) is 4.90 Å². The predicted octanol–water partition coefficient (Wildman–Crippen LogP) is 2.33. The van der Waals surface area contributed by atoms with Crippen molar-refractivity contribution >= 4 is 32.5 Å². The molecule has 0 amide bonds. The van der Waals surface area contributed by atoms with Crippen molar-refractivity contribution in [2.45, 2.75) is 30.8 Å². The summed E-state index contributed by atoms with van der Waals surface area (Å²) in [4.78, 5) is 4.31. The first kappa shape index (κ1) is 16.2. The van der Waals surface area contributed by atoms with E-state index >= 15 is 0 Å². The molecule has 7 heteroatoms. The topological polar surface area (TPSA) is 79.3 Å². The Labute approximate surface area is 129 Å². The number of rotatable bonds is 6. The molecule has 114 valence electrons. The molecule has 0 aliphatic heterocycles. The molecule has 1 aromatic carbocycles. The molecule has 5 nitrogen and oxygen atoms in total. The molecule has 1 unspecified atom stereocenters. The summed E-state index contributed by atoms with van der Waals surface area (Å²) in [5, 5.41) is 10.2. The molecule has 0 aliphatic carbocycles. The second-order valence-corrected chi connectivity index (χ2v) is 7.03. The van der Waals surface area contributed by atoms with Gasteiger partial charge in [-0.3, -0.25) is 0 Å². The summed E-state index contributed by atoms with van der Waals surface area (Å²) >= 11 is 5.80. The number of hydrogen-bond acceptors (Lipinski definition) is 4. The Bertz CT molecular complexity index is 732. The van der Waals surface area contributed by atoms with Gasteiger partial charge in [0.1, 0.15) is 5.15 Å². The van der Waals surface area contributed by atoms with Crippen molar-refractivity contribution in [3.05, 3.63) is 35.5 Å². The lowest BCUT2D eigenvalue weighted by Crippen LogP contribution is -2.25. The van der Waals surface area contributed by atoms with Crippen LogP contribution in [0.5, 0.6) is 0 Å². The zero-order valence-corrected chi connectivity index (χ0v) is 13.2. The van der Waals surface area contributed by atoms with E-state index in [1.54, 1.807) is 31.2 Å². The molecular weight excluding hydrogens is 312 g/mol. The van der Waals surface area contributed by atoms with E-state index in [0.29, 0.717) is 35.4 Å². The quantitative estimate of drug-likeness (QED) is 0.630. The van der Waals surface area contributed by atoms with Crippen LogP contribution >= 0.6 is 11.6 Å². The number of benzene rings is 1. The van der Waals surface area contributed by atoms with Crippen molar-refractivity contribution in [1.29, 1.82) is 0 Å². The number of aliphatic hydroxyl groups excluding tert-OH is 1. The van der Waals surface area contributed by atoms with E-state index in [2.05, 4.69) is 9.71 Å². The van der Waals surface area contributed by atoms with Crippen LogP contribution in [0.2, 0.25) is 5.15 Å². The van der Waals surface area contributed by atoms with Gasteiger partial charge in [0, 0.05) is 11.9 Å². The molecule has 0 radical (unpaired) electrons. The molecule has 2 rings (SSSR count). The number of nitrogens with one attached hydrogen (secondary N) is 1. The van der Waals surface area contributed by atoms with Gasteiger partial charge in [-0.15, -0.1) is 0 Å². The molecule has 1 atom stereocenters. The highest BCUT2D eigenvalue weighted by molar-refractivity contribution is 7.89. The molecule has 0 bridgehead atoms. The molecular formula is C14H17ClN2O3S. The van der Waals surface area contributed by atoms with Crippen molar-refractivity contribution in [3.63, 3.8) is 0 Å². The number of pyridine rings is 1. The van der Waals surface area contributed by atoms with Crippen molar-refractivity contribution in [2.75, 3.05) is 6.54 Å². The molecule has 0 spiro atoms. The van der Waals surface area contributed by atoms with Crippen LogP contribution in [-0.4, -0.2) is 31.2 Å². The van der Waals surface area contributed by atoms with Gasteiger partial charge in [0.15, 0.2) is 0 Å². The molecule has 21 heavy (non-hydrogen) atoms. The Balaban J connectivity index is 2.14. The van der Waals surface area contributed by atoms with Crippen LogP contribution in [0.4, 0.5) is 0 Å². The first-order valence-electron chi connectivity index (χ1n) is 6.62. The number of fused-ring (bicyclic) bond motifs is 1. The summed E-state index contributed by atoms with van der Waals surface area (Å²) in [6.07, 6.45) is 0.718. The predicted molar refractivity (Wildman–Crippen MR) is 82.9 cm³/mol. The second-order valence-electron chi connectivity index (χ2n) is 4.88. The van der Waals surface area contributed by atoms with Crippen LogP contribution in [0.3, 0.4) is 0 Å². The normalized spacial score (nSPS) is 13.5. The van der Waals surface area contributed by atoms with Crippen LogP contribution in [0.25, 0.3) is 10.9 Å². The highest BCUT2D eigenvalue weighted by Crippen LogP contribution is 2.19. The van der Waals surface area contributed by atoms with Gasteiger partial charge in [-0.1, -0.05) is 11.6 Å². The third-order valence-corrected chi connectivity index (χ3v) is 4.70. The standard InChI is InChI=1S/C14H17ClN2O3S/c1-10(18)3-2-8-16-21(19,20)12-5-6-13-11(9-12)4-7-14(15)17-13/h4-7,9-10,16,18H,2-3,8H2,1H3. The highest BCUT2D eigenvalue weighted by Gasteiger charge is 2.14. The fraction of sp³-hybridized carbons (Fsp3) is 0.357. The molecule has 0 saturated heterocycles. The van der Waals surface area contributed by atoms with Gasteiger partial charge < -0.3 is 5.11 Å². The number of sulfonamides is 1. The summed E-state index contributed by atoms with van der Waals surface area (Å²) in [5.41, 5.74) is 0.649. The molecule has 1 aromatic heterocycles. The average molecular weight is 329 g/mol. The van der Waals surface area contributed by atoms with Gasteiger partial charge in [0.25, 0.3) is 0 Å². The van der Waals surface area contributed by atoms with Crippen molar-refractivity contribution in [2.24, 2.45) is 0 Å². The van der Waals surface area contributed by atoms with Gasteiger partial charge in [-0.2, -0.15) is 0 Å². The molecule has 0 aliphatic rings. The van der Waals surface area contributed by atoms with Gasteiger partial charge >= 0.3 is 0 Å². The molecule has 2 aromatic rings. The Kier molecular flexibility index (Phi) is 5.16. The van der Waals surface area contributed by atoms with Crippen LogP contribution in [0.15, 0.2) is 35.2 Å². The zero-order chi connectivity index (χ0) is 15.5. The summed E-state index contributed by atoms with van der Waals surface area (Å²) in [7, 11) is -3.55. The van der Waals surface area contributed by atoms with Crippen LogP contribution in [0.1, 0.15) is 19.8 Å².